The van der Waals surface area contributed by atoms with E-state index in [-0.39, 0.29) is 16.2 Å². The van der Waals surface area contributed by atoms with Crippen molar-refractivity contribution in [1.29, 1.82) is 5.41 Å². The lowest BCUT2D eigenvalue weighted by Crippen LogP contribution is -2.34. The van der Waals surface area contributed by atoms with Gasteiger partial charge in [-0.15, -0.1) is 0 Å². The molecule has 0 atom stereocenters. The summed E-state index contributed by atoms with van der Waals surface area (Å²) in [5.41, 5.74) is -0.652. The van der Waals surface area contributed by atoms with Gasteiger partial charge in [0.05, 0.1) is 11.0 Å². The van der Waals surface area contributed by atoms with Gasteiger partial charge < -0.3 is 0 Å². The Kier molecular flexibility index (Phi) is 3.89. The molecule has 130 valence electrons. The molecule has 0 aliphatic heterocycles. The minimum Gasteiger partial charge on any atom is -0.295 e. The Bertz CT molecular complexity index is 1020. The van der Waals surface area contributed by atoms with Crippen molar-refractivity contribution in [3.63, 3.8) is 0 Å². The summed E-state index contributed by atoms with van der Waals surface area (Å²) in [5, 5.41) is 7.84. The van der Waals surface area contributed by atoms with Crippen molar-refractivity contribution in [1.82, 2.24) is 13.9 Å². The zero-order valence-electron chi connectivity index (χ0n) is 13.4. The van der Waals surface area contributed by atoms with Crippen LogP contribution in [-0.4, -0.2) is 34.5 Å². The third kappa shape index (κ3) is 2.68. The van der Waals surface area contributed by atoms with Crippen molar-refractivity contribution in [3.8, 4) is 0 Å². The molecule has 24 heavy (non-hydrogen) atoms. The summed E-state index contributed by atoms with van der Waals surface area (Å²) in [5.74, 6) is -0.928. The second-order valence-electron chi connectivity index (χ2n) is 6.12. The summed E-state index contributed by atoms with van der Waals surface area (Å²) < 4.78 is 44.1. The first-order chi connectivity index (χ1) is 11.1. The minimum atomic E-state index is -4.06. The number of aryl methyl sites for hydroxylation is 1. The van der Waals surface area contributed by atoms with Gasteiger partial charge in [-0.3, -0.25) is 9.98 Å². The van der Waals surface area contributed by atoms with Crippen molar-refractivity contribution >= 4 is 38.0 Å². The van der Waals surface area contributed by atoms with Crippen LogP contribution in [0.2, 0.25) is 0 Å². The first kappa shape index (κ1) is 17.2. The Morgan fingerprint density at radius 1 is 1.38 bits per heavy atom. The molecule has 0 amide bonds. The van der Waals surface area contributed by atoms with E-state index in [4.69, 9.17) is 5.41 Å². The number of sulfonamides is 1. The molecule has 0 unspecified atom stereocenters. The molecule has 1 aliphatic carbocycles. The zero-order chi connectivity index (χ0) is 17.9. The van der Waals surface area contributed by atoms with Gasteiger partial charge >= 0.3 is 5.69 Å². The maximum Gasteiger partial charge on any atom is 0.335 e. The standard InChI is InChI=1S/C14H17FN4O3S2/c1-14(4-5-14)17-24(21,22)11-7-10-9(6-8(11)15)18(2)13(20)19(10)12(16)23-3/h6-7,16-17H,4-5H2,1-3H3. The molecule has 0 spiro atoms. The van der Waals surface area contributed by atoms with Crippen LogP contribution < -0.4 is 10.4 Å². The predicted molar refractivity (Wildman–Crippen MR) is 91.7 cm³/mol. The SMILES string of the molecule is CSC(=N)n1c(=O)n(C)c2cc(F)c(S(=O)(=O)NC3(C)CC3)cc21. The molecule has 1 saturated carbocycles. The van der Waals surface area contributed by atoms with Crippen molar-refractivity contribution < 1.29 is 12.8 Å². The third-order valence-electron chi connectivity index (χ3n) is 4.18. The molecule has 1 aromatic heterocycles. The van der Waals surface area contributed by atoms with E-state index in [1.165, 1.54) is 11.6 Å². The molecule has 0 bridgehead atoms. The molecule has 0 radical (unpaired) electrons. The van der Waals surface area contributed by atoms with Crippen LogP contribution in [0, 0.1) is 11.2 Å². The van der Waals surface area contributed by atoms with Crippen molar-refractivity contribution in [2.24, 2.45) is 7.05 Å². The summed E-state index contributed by atoms with van der Waals surface area (Å²) in [4.78, 5) is 11.8. The number of aromatic nitrogens is 2. The normalized spacial score (nSPS) is 16.5. The van der Waals surface area contributed by atoms with Crippen LogP contribution in [-0.2, 0) is 17.1 Å². The fourth-order valence-corrected chi connectivity index (χ4v) is 4.40. The van der Waals surface area contributed by atoms with Gasteiger partial charge in [0.15, 0.2) is 5.17 Å². The number of benzene rings is 1. The van der Waals surface area contributed by atoms with Gasteiger partial charge in [-0.2, -0.15) is 0 Å². The molecule has 2 aromatic rings. The highest BCUT2D eigenvalue weighted by atomic mass is 32.2. The summed E-state index contributed by atoms with van der Waals surface area (Å²) >= 11 is 1.03. The average molecular weight is 372 g/mol. The fraction of sp³-hybridized carbons (Fsp3) is 0.429. The van der Waals surface area contributed by atoms with E-state index in [2.05, 4.69) is 4.72 Å². The monoisotopic (exact) mass is 372 g/mol. The highest BCUT2D eigenvalue weighted by Crippen LogP contribution is 2.36. The van der Waals surface area contributed by atoms with Crippen LogP contribution in [0.5, 0.6) is 0 Å². The quantitative estimate of drug-likeness (QED) is 0.630. The van der Waals surface area contributed by atoms with Gasteiger partial charge in [-0.1, -0.05) is 11.8 Å². The van der Waals surface area contributed by atoms with Crippen LogP contribution in [0.25, 0.3) is 11.0 Å². The number of fused-ring (bicyclic) bond motifs is 1. The Balaban J connectivity index is 2.26. The first-order valence-corrected chi connectivity index (χ1v) is 9.88. The van der Waals surface area contributed by atoms with Gasteiger partial charge in [0, 0.05) is 18.7 Å². The Labute approximate surface area is 142 Å². The highest BCUT2D eigenvalue weighted by Gasteiger charge is 2.42. The van der Waals surface area contributed by atoms with E-state index in [0.29, 0.717) is 12.8 Å². The van der Waals surface area contributed by atoms with E-state index in [1.54, 1.807) is 13.2 Å². The molecule has 3 rings (SSSR count). The zero-order valence-corrected chi connectivity index (χ0v) is 15.0. The van der Waals surface area contributed by atoms with Gasteiger partial charge in [0.2, 0.25) is 10.0 Å². The summed E-state index contributed by atoms with van der Waals surface area (Å²) in [6, 6.07) is 2.13. The largest absolute Gasteiger partial charge is 0.335 e. The van der Waals surface area contributed by atoms with Gasteiger partial charge in [-0.05, 0) is 32.1 Å². The number of nitrogens with zero attached hydrogens (tertiary/aromatic N) is 2. The van der Waals surface area contributed by atoms with Gasteiger partial charge in [0.1, 0.15) is 10.7 Å². The molecule has 1 fully saturated rings. The van der Waals surface area contributed by atoms with Crippen LogP contribution >= 0.6 is 11.8 Å². The van der Waals surface area contributed by atoms with Crippen molar-refractivity contribution in [3.05, 3.63) is 28.4 Å². The Morgan fingerprint density at radius 2 is 2.00 bits per heavy atom. The van der Waals surface area contributed by atoms with E-state index >= 15 is 0 Å². The van der Waals surface area contributed by atoms with E-state index in [1.807, 2.05) is 0 Å². The molecule has 1 aliphatic rings. The maximum atomic E-state index is 14.4. The molecule has 1 aromatic carbocycles. The number of halogens is 1. The number of thioether (sulfide) groups is 1. The van der Waals surface area contributed by atoms with Crippen molar-refractivity contribution in [2.45, 2.75) is 30.2 Å². The molecule has 2 N–H and O–H groups in total. The second kappa shape index (κ2) is 5.43. The summed E-state index contributed by atoms with van der Waals surface area (Å²) in [6.45, 7) is 1.75. The van der Waals surface area contributed by atoms with Gasteiger partial charge in [0.25, 0.3) is 0 Å². The third-order valence-corrected chi connectivity index (χ3v) is 6.40. The lowest BCUT2D eigenvalue weighted by molar-refractivity contribution is 0.541. The molecule has 10 heteroatoms. The predicted octanol–water partition coefficient (Wildman–Crippen LogP) is 1.46. The Hall–Kier alpha value is -1.65. The number of hydrogen-bond acceptors (Lipinski definition) is 5. The lowest BCUT2D eigenvalue weighted by Gasteiger charge is -2.13. The molecular formula is C14H17FN4O3S2. The van der Waals surface area contributed by atoms with Crippen LogP contribution in [0.4, 0.5) is 4.39 Å². The molecule has 1 heterocycles. The Morgan fingerprint density at radius 3 is 2.54 bits per heavy atom. The highest BCUT2D eigenvalue weighted by molar-refractivity contribution is 8.13. The number of hydrogen-bond donors (Lipinski definition) is 2. The molecular weight excluding hydrogens is 355 g/mol. The number of imidazole rings is 1. The molecule has 7 nitrogen and oxygen atoms in total. The van der Waals surface area contributed by atoms with E-state index < -0.39 is 32.0 Å². The number of nitrogens with one attached hydrogen (secondary N) is 2. The van der Waals surface area contributed by atoms with Gasteiger partial charge in [-0.25, -0.2) is 26.9 Å². The summed E-state index contributed by atoms with van der Waals surface area (Å²) in [7, 11) is -2.61. The fourth-order valence-electron chi connectivity index (χ4n) is 2.50. The van der Waals surface area contributed by atoms with Crippen LogP contribution in [0.1, 0.15) is 19.8 Å². The summed E-state index contributed by atoms with van der Waals surface area (Å²) in [6.07, 6.45) is 3.02. The van der Waals surface area contributed by atoms with Crippen LogP contribution in [0.3, 0.4) is 0 Å². The van der Waals surface area contributed by atoms with E-state index in [0.717, 1.165) is 28.5 Å². The van der Waals surface area contributed by atoms with Crippen LogP contribution in [0.15, 0.2) is 21.8 Å². The topological polar surface area (TPSA) is 96.9 Å². The minimum absolute atomic E-state index is 0.0670. The smallest absolute Gasteiger partial charge is 0.295 e. The molecule has 0 saturated heterocycles. The number of rotatable bonds is 3. The average Bonchev–Trinajstić information content (AvgIpc) is 3.16. The van der Waals surface area contributed by atoms with E-state index in [9.17, 15) is 17.6 Å². The first-order valence-electron chi connectivity index (χ1n) is 7.17. The lowest BCUT2D eigenvalue weighted by atomic mass is 10.3. The van der Waals surface area contributed by atoms with Crippen molar-refractivity contribution in [2.75, 3.05) is 6.26 Å². The second-order valence-corrected chi connectivity index (χ2v) is 8.57. The maximum absolute atomic E-state index is 14.4.